The number of halogens is 1. The Morgan fingerprint density at radius 2 is 2.07 bits per heavy atom. The van der Waals surface area contributed by atoms with Crippen molar-refractivity contribution in [3.63, 3.8) is 0 Å². The molecule has 1 aromatic carbocycles. The summed E-state index contributed by atoms with van der Waals surface area (Å²) >= 11 is 5.87. The standard InChI is InChI=1S/C9H12ClNO2S/c1-7-3-4-8(5-9(7)10)6-14(12,13)11-2/h3-5,11H,6H2,1-2H3. The highest BCUT2D eigenvalue weighted by Crippen LogP contribution is 2.17. The molecule has 0 unspecified atom stereocenters. The zero-order valence-electron chi connectivity index (χ0n) is 8.04. The summed E-state index contributed by atoms with van der Waals surface area (Å²) in [4.78, 5) is 0. The van der Waals surface area contributed by atoms with Gasteiger partial charge in [0.15, 0.2) is 0 Å². The topological polar surface area (TPSA) is 46.2 Å². The van der Waals surface area contributed by atoms with Crippen LogP contribution in [0.4, 0.5) is 0 Å². The molecule has 0 spiro atoms. The van der Waals surface area contributed by atoms with Crippen LogP contribution in [0.15, 0.2) is 18.2 Å². The van der Waals surface area contributed by atoms with Crippen molar-refractivity contribution in [2.45, 2.75) is 12.7 Å². The summed E-state index contributed by atoms with van der Waals surface area (Å²) in [5.41, 5.74) is 1.63. The molecule has 3 nitrogen and oxygen atoms in total. The Bertz CT molecular complexity index is 428. The number of sulfonamides is 1. The Morgan fingerprint density at radius 3 is 2.57 bits per heavy atom. The summed E-state index contributed by atoms with van der Waals surface area (Å²) in [6, 6.07) is 5.24. The highest BCUT2D eigenvalue weighted by molar-refractivity contribution is 7.88. The molecule has 0 heterocycles. The van der Waals surface area contributed by atoms with Gasteiger partial charge in [-0.3, -0.25) is 0 Å². The largest absolute Gasteiger partial charge is 0.218 e. The first-order valence-electron chi connectivity index (χ1n) is 4.11. The lowest BCUT2D eigenvalue weighted by molar-refractivity contribution is 0.587. The fourth-order valence-electron chi connectivity index (χ4n) is 1.02. The van der Waals surface area contributed by atoms with Gasteiger partial charge in [0.05, 0.1) is 5.75 Å². The van der Waals surface area contributed by atoms with Gasteiger partial charge in [-0.25, -0.2) is 13.1 Å². The van der Waals surface area contributed by atoms with Gasteiger partial charge < -0.3 is 0 Å². The zero-order chi connectivity index (χ0) is 10.8. The molecule has 1 aromatic rings. The van der Waals surface area contributed by atoms with Crippen LogP contribution in [-0.4, -0.2) is 15.5 Å². The van der Waals surface area contributed by atoms with E-state index in [4.69, 9.17) is 11.6 Å². The van der Waals surface area contributed by atoms with Gasteiger partial charge in [0.25, 0.3) is 0 Å². The lowest BCUT2D eigenvalue weighted by Crippen LogP contribution is -2.20. The predicted octanol–water partition coefficient (Wildman–Crippen LogP) is 1.70. The fraction of sp³-hybridized carbons (Fsp3) is 0.333. The van der Waals surface area contributed by atoms with Crippen molar-refractivity contribution in [2.24, 2.45) is 0 Å². The van der Waals surface area contributed by atoms with Crippen molar-refractivity contribution < 1.29 is 8.42 Å². The molecule has 5 heteroatoms. The second-order valence-electron chi connectivity index (χ2n) is 3.05. The van der Waals surface area contributed by atoms with Gasteiger partial charge in [0.1, 0.15) is 0 Å². The molecule has 0 aromatic heterocycles. The van der Waals surface area contributed by atoms with E-state index < -0.39 is 10.0 Å². The van der Waals surface area contributed by atoms with Crippen LogP contribution >= 0.6 is 11.6 Å². The van der Waals surface area contributed by atoms with Crippen molar-refractivity contribution in [1.29, 1.82) is 0 Å². The lowest BCUT2D eigenvalue weighted by Gasteiger charge is -2.04. The van der Waals surface area contributed by atoms with Gasteiger partial charge in [-0.2, -0.15) is 0 Å². The third-order valence-electron chi connectivity index (χ3n) is 1.90. The molecule has 0 aliphatic heterocycles. The molecule has 0 amide bonds. The van der Waals surface area contributed by atoms with Gasteiger partial charge in [0, 0.05) is 5.02 Å². The average molecular weight is 234 g/mol. The molecule has 0 saturated heterocycles. The van der Waals surface area contributed by atoms with E-state index in [1.807, 2.05) is 13.0 Å². The van der Waals surface area contributed by atoms with Gasteiger partial charge in [0.2, 0.25) is 10.0 Å². The summed E-state index contributed by atoms with van der Waals surface area (Å²) in [6.07, 6.45) is 0. The summed E-state index contributed by atoms with van der Waals surface area (Å²) in [5, 5.41) is 0.591. The Balaban J connectivity index is 2.94. The van der Waals surface area contributed by atoms with Gasteiger partial charge in [-0.1, -0.05) is 23.7 Å². The SMILES string of the molecule is CNS(=O)(=O)Cc1ccc(C)c(Cl)c1. The number of hydrogen-bond acceptors (Lipinski definition) is 2. The second-order valence-corrected chi connectivity index (χ2v) is 5.38. The third kappa shape index (κ3) is 2.97. The minimum atomic E-state index is -3.21. The maximum atomic E-state index is 11.2. The van der Waals surface area contributed by atoms with Crippen molar-refractivity contribution >= 4 is 21.6 Å². The molecule has 1 rings (SSSR count). The highest BCUT2D eigenvalue weighted by Gasteiger charge is 2.08. The van der Waals surface area contributed by atoms with E-state index in [0.29, 0.717) is 10.6 Å². The van der Waals surface area contributed by atoms with Crippen molar-refractivity contribution in [3.05, 3.63) is 34.3 Å². The first-order valence-corrected chi connectivity index (χ1v) is 6.14. The minimum absolute atomic E-state index is 0.0382. The van der Waals surface area contributed by atoms with E-state index in [1.54, 1.807) is 12.1 Å². The Morgan fingerprint density at radius 1 is 1.43 bits per heavy atom. The van der Waals surface area contributed by atoms with Gasteiger partial charge in [-0.15, -0.1) is 0 Å². The highest BCUT2D eigenvalue weighted by atomic mass is 35.5. The van der Waals surface area contributed by atoms with E-state index in [2.05, 4.69) is 4.72 Å². The molecule has 0 radical (unpaired) electrons. The second kappa shape index (κ2) is 4.29. The number of rotatable bonds is 3. The Labute approximate surface area is 89.1 Å². The molecule has 0 aliphatic carbocycles. The molecule has 78 valence electrons. The number of benzene rings is 1. The normalized spacial score (nSPS) is 11.6. The summed E-state index contributed by atoms with van der Waals surface area (Å²) in [7, 11) is -1.82. The van der Waals surface area contributed by atoms with E-state index in [0.717, 1.165) is 5.56 Å². The van der Waals surface area contributed by atoms with Crippen LogP contribution in [0.1, 0.15) is 11.1 Å². The van der Waals surface area contributed by atoms with E-state index in [9.17, 15) is 8.42 Å². The molecule has 0 aliphatic rings. The van der Waals surface area contributed by atoms with Gasteiger partial charge in [-0.05, 0) is 31.2 Å². The van der Waals surface area contributed by atoms with Gasteiger partial charge >= 0.3 is 0 Å². The molecule has 0 saturated carbocycles. The zero-order valence-corrected chi connectivity index (χ0v) is 9.61. The molecular formula is C9H12ClNO2S. The van der Waals surface area contributed by atoms with Crippen molar-refractivity contribution in [3.8, 4) is 0 Å². The molecule has 0 bridgehead atoms. The smallest absolute Gasteiger partial charge is 0.215 e. The van der Waals surface area contributed by atoms with Crippen LogP contribution in [0.2, 0.25) is 5.02 Å². The molecule has 0 atom stereocenters. The van der Waals surface area contributed by atoms with Crippen LogP contribution in [0.5, 0.6) is 0 Å². The number of hydrogen-bond donors (Lipinski definition) is 1. The van der Waals surface area contributed by atoms with Crippen LogP contribution in [-0.2, 0) is 15.8 Å². The van der Waals surface area contributed by atoms with E-state index in [1.165, 1.54) is 7.05 Å². The predicted molar refractivity (Wildman–Crippen MR) is 57.9 cm³/mol. The lowest BCUT2D eigenvalue weighted by atomic mass is 10.2. The fourth-order valence-corrected chi connectivity index (χ4v) is 1.98. The monoisotopic (exact) mass is 233 g/mol. The minimum Gasteiger partial charge on any atom is -0.218 e. The van der Waals surface area contributed by atoms with Crippen LogP contribution in [0.25, 0.3) is 0 Å². The summed E-state index contributed by atoms with van der Waals surface area (Å²) in [5.74, 6) is -0.0382. The van der Waals surface area contributed by atoms with Crippen LogP contribution < -0.4 is 4.72 Å². The molecule has 1 N–H and O–H groups in total. The van der Waals surface area contributed by atoms with Crippen LogP contribution in [0, 0.1) is 6.92 Å². The number of aryl methyl sites for hydroxylation is 1. The maximum absolute atomic E-state index is 11.2. The van der Waals surface area contributed by atoms with E-state index in [-0.39, 0.29) is 5.75 Å². The first kappa shape index (κ1) is 11.5. The Hall–Kier alpha value is -0.580. The van der Waals surface area contributed by atoms with Crippen LogP contribution in [0.3, 0.4) is 0 Å². The molecule has 14 heavy (non-hydrogen) atoms. The Kier molecular flexibility index (Phi) is 3.53. The van der Waals surface area contributed by atoms with Crippen molar-refractivity contribution in [2.75, 3.05) is 7.05 Å². The first-order chi connectivity index (χ1) is 6.44. The molecule has 0 fully saturated rings. The molecular weight excluding hydrogens is 222 g/mol. The van der Waals surface area contributed by atoms with Crippen molar-refractivity contribution in [1.82, 2.24) is 4.72 Å². The van der Waals surface area contributed by atoms with E-state index >= 15 is 0 Å². The number of nitrogens with one attached hydrogen (secondary N) is 1. The summed E-state index contributed by atoms with van der Waals surface area (Å²) in [6.45, 7) is 1.87. The maximum Gasteiger partial charge on any atom is 0.215 e. The average Bonchev–Trinajstić information content (AvgIpc) is 2.11. The third-order valence-corrected chi connectivity index (χ3v) is 3.65. The summed E-state index contributed by atoms with van der Waals surface area (Å²) < 4.78 is 24.7. The quantitative estimate of drug-likeness (QED) is 0.864.